The first kappa shape index (κ1) is 20.7. The van der Waals surface area contributed by atoms with Crippen molar-refractivity contribution in [3.63, 3.8) is 0 Å². The molecule has 0 aliphatic heterocycles. The summed E-state index contributed by atoms with van der Waals surface area (Å²) in [6.07, 6.45) is 10.4. The van der Waals surface area contributed by atoms with Gasteiger partial charge in [0.1, 0.15) is 0 Å². The van der Waals surface area contributed by atoms with Crippen LogP contribution in [0.2, 0.25) is 0 Å². The maximum absolute atomic E-state index is 10.6. The van der Waals surface area contributed by atoms with E-state index in [0.717, 1.165) is 25.7 Å². The molecule has 0 aromatic carbocycles. The zero-order valence-electron chi connectivity index (χ0n) is 15.9. The molecule has 3 N–H and O–H groups in total. The van der Waals surface area contributed by atoms with E-state index in [1.54, 1.807) is 6.92 Å². The summed E-state index contributed by atoms with van der Waals surface area (Å²) in [5, 5.41) is 29.4. The van der Waals surface area contributed by atoms with E-state index in [9.17, 15) is 15.0 Å². The van der Waals surface area contributed by atoms with Crippen molar-refractivity contribution in [2.24, 2.45) is 23.7 Å². The Balaban J connectivity index is 1.89. The Kier molecular flexibility index (Phi) is 7.93. The van der Waals surface area contributed by atoms with Crippen LogP contribution in [-0.4, -0.2) is 33.5 Å². The number of unbranched alkanes of at least 4 members (excludes halogenated alkanes) is 1. The summed E-state index contributed by atoms with van der Waals surface area (Å²) in [6, 6.07) is 0. The predicted molar refractivity (Wildman–Crippen MR) is 102 cm³/mol. The lowest BCUT2D eigenvalue weighted by molar-refractivity contribution is -0.137. The minimum Gasteiger partial charge on any atom is -0.481 e. The number of aliphatic hydroxyl groups excluding tert-OH is 2. The lowest BCUT2D eigenvalue weighted by Gasteiger charge is -2.19. The number of carboxylic acid groups (broad SMARTS) is 1. The van der Waals surface area contributed by atoms with Gasteiger partial charge in [0.15, 0.2) is 0 Å². The molecule has 2 aliphatic carbocycles. The Hall–Kier alpha value is -1.57. The van der Waals surface area contributed by atoms with Crippen LogP contribution in [0.25, 0.3) is 0 Å². The van der Waals surface area contributed by atoms with Crippen molar-refractivity contribution in [1.29, 1.82) is 0 Å². The summed E-state index contributed by atoms with van der Waals surface area (Å²) in [5.74, 6) is 6.25. The van der Waals surface area contributed by atoms with E-state index in [0.29, 0.717) is 24.7 Å². The van der Waals surface area contributed by atoms with E-state index < -0.39 is 12.1 Å². The van der Waals surface area contributed by atoms with Crippen molar-refractivity contribution in [3.05, 3.63) is 23.8 Å². The van der Waals surface area contributed by atoms with Crippen LogP contribution in [0.3, 0.4) is 0 Å². The van der Waals surface area contributed by atoms with Crippen LogP contribution in [0.5, 0.6) is 0 Å². The molecule has 0 spiro atoms. The topological polar surface area (TPSA) is 77.8 Å². The van der Waals surface area contributed by atoms with Crippen LogP contribution < -0.4 is 0 Å². The fourth-order valence-corrected chi connectivity index (χ4v) is 4.31. The van der Waals surface area contributed by atoms with Gasteiger partial charge in [0.05, 0.1) is 12.2 Å². The van der Waals surface area contributed by atoms with Crippen molar-refractivity contribution < 1.29 is 20.1 Å². The Morgan fingerprint density at radius 3 is 2.85 bits per heavy atom. The van der Waals surface area contributed by atoms with Gasteiger partial charge in [0.2, 0.25) is 0 Å². The second-order valence-corrected chi connectivity index (χ2v) is 7.84. The molecule has 2 fully saturated rings. The first-order valence-electron chi connectivity index (χ1n) is 9.76. The SMILES string of the molecule is CC#CCC(C)C(O)/C=C/C1C(O)CC2CC(=CCCCC(=O)O)CC21. The molecule has 6 unspecified atom stereocenters. The van der Waals surface area contributed by atoms with Crippen LogP contribution >= 0.6 is 0 Å². The fraction of sp³-hybridized carbons (Fsp3) is 0.682. The summed E-state index contributed by atoms with van der Waals surface area (Å²) < 4.78 is 0. The molecule has 4 nitrogen and oxygen atoms in total. The number of carboxylic acids is 1. The fourth-order valence-electron chi connectivity index (χ4n) is 4.31. The third kappa shape index (κ3) is 5.72. The maximum Gasteiger partial charge on any atom is 0.303 e. The van der Waals surface area contributed by atoms with Crippen molar-refractivity contribution in [2.75, 3.05) is 0 Å². The molecule has 6 atom stereocenters. The van der Waals surface area contributed by atoms with Crippen molar-refractivity contribution in [3.8, 4) is 11.8 Å². The van der Waals surface area contributed by atoms with Gasteiger partial charge in [0.25, 0.3) is 0 Å². The number of fused-ring (bicyclic) bond motifs is 1. The molecule has 0 aromatic rings. The average Bonchev–Trinajstić information content (AvgIpc) is 3.10. The van der Waals surface area contributed by atoms with Gasteiger partial charge in [-0.15, -0.1) is 11.8 Å². The highest BCUT2D eigenvalue weighted by atomic mass is 16.4. The molecule has 0 radical (unpaired) electrons. The standard InChI is InChI=1S/C22H32O4/c1-3-4-7-15(2)20(23)11-10-18-19-13-16(8-5-6-9-22(25)26)12-17(19)14-21(18)24/h8,10-11,15,17-21,23-24H,5-7,9,12-14H2,1-2H3,(H,25,26)/b11-10+,16-8?. The number of hydrogen-bond donors (Lipinski definition) is 3. The molecule has 2 aliphatic rings. The van der Waals surface area contributed by atoms with Gasteiger partial charge in [-0.2, -0.15) is 0 Å². The van der Waals surface area contributed by atoms with Gasteiger partial charge in [-0.05, 0) is 56.8 Å². The van der Waals surface area contributed by atoms with Gasteiger partial charge >= 0.3 is 5.97 Å². The quantitative estimate of drug-likeness (QED) is 0.351. The minimum atomic E-state index is -0.738. The molecular weight excluding hydrogens is 328 g/mol. The van der Waals surface area contributed by atoms with E-state index in [2.05, 4.69) is 17.9 Å². The number of hydrogen-bond acceptors (Lipinski definition) is 3. The molecule has 4 heteroatoms. The second kappa shape index (κ2) is 9.94. The highest BCUT2D eigenvalue weighted by molar-refractivity contribution is 5.66. The smallest absolute Gasteiger partial charge is 0.303 e. The summed E-state index contributed by atoms with van der Waals surface area (Å²) in [4.78, 5) is 10.6. The lowest BCUT2D eigenvalue weighted by atomic mass is 9.89. The largest absolute Gasteiger partial charge is 0.481 e. The Bertz CT molecular complexity index is 595. The number of allylic oxidation sites excluding steroid dienone is 2. The summed E-state index contributed by atoms with van der Waals surface area (Å²) in [7, 11) is 0. The van der Waals surface area contributed by atoms with E-state index in [4.69, 9.17) is 5.11 Å². The molecule has 0 saturated heterocycles. The van der Waals surface area contributed by atoms with Crippen LogP contribution in [0.15, 0.2) is 23.8 Å². The number of rotatable bonds is 8. The highest BCUT2D eigenvalue weighted by Crippen LogP contribution is 2.50. The molecule has 26 heavy (non-hydrogen) atoms. The maximum atomic E-state index is 10.6. The molecule has 2 rings (SSSR count). The summed E-state index contributed by atoms with van der Waals surface area (Å²) >= 11 is 0. The number of aliphatic carboxylic acids is 1. The Morgan fingerprint density at radius 2 is 2.15 bits per heavy atom. The molecule has 0 aromatic heterocycles. The van der Waals surface area contributed by atoms with E-state index >= 15 is 0 Å². The predicted octanol–water partition coefficient (Wildman–Crippen LogP) is 3.54. The highest BCUT2D eigenvalue weighted by Gasteiger charge is 2.44. The first-order chi connectivity index (χ1) is 12.4. The van der Waals surface area contributed by atoms with E-state index in [1.165, 1.54) is 5.57 Å². The van der Waals surface area contributed by atoms with Crippen LogP contribution in [0.4, 0.5) is 0 Å². The van der Waals surface area contributed by atoms with Crippen molar-refractivity contribution in [2.45, 2.75) is 71.0 Å². The molecule has 0 heterocycles. The lowest BCUT2D eigenvalue weighted by Crippen LogP contribution is -2.19. The third-order valence-electron chi connectivity index (χ3n) is 5.85. The zero-order chi connectivity index (χ0) is 19.1. The molecule has 0 bridgehead atoms. The van der Waals surface area contributed by atoms with E-state index in [1.807, 2.05) is 19.1 Å². The first-order valence-corrected chi connectivity index (χ1v) is 9.76. The van der Waals surface area contributed by atoms with E-state index in [-0.39, 0.29) is 24.4 Å². The monoisotopic (exact) mass is 360 g/mol. The molecular formula is C22H32O4. The molecule has 0 amide bonds. The Labute approximate surface area is 157 Å². The number of carbonyl (C=O) groups is 1. The summed E-state index contributed by atoms with van der Waals surface area (Å²) in [5.41, 5.74) is 1.41. The van der Waals surface area contributed by atoms with Crippen LogP contribution in [0.1, 0.15) is 58.8 Å². The second-order valence-electron chi connectivity index (χ2n) is 7.84. The molecule has 144 valence electrons. The van der Waals surface area contributed by atoms with Gasteiger partial charge in [-0.25, -0.2) is 0 Å². The van der Waals surface area contributed by atoms with Crippen LogP contribution in [-0.2, 0) is 4.79 Å². The van der Waals surface area contributed by atoms with Gasteiger partial charge < -0.3 is 15.3 Å². The van der Waals surface area contributed by atoms with Crippen molar-refractivity contribution in [1.82, 2.24) is 0 Å². The number of aliphatic hydroxyl groups is 2. The Morgan fingerprint density at radius 1 is 1.38 bits per heavy atom. The van der Waals surface area contributed by atoms with Gasteiger partial charge in [-0.1, -0.05) is 30.7 Å². The third-order valence-corrected chi connectivity index (χ3v) is 5.85. The van der Waals surface area contributed by atoms with Crippen LogP contribution in [0, 0.1) is 35.5 Å². The van der Waals surface area contributed by atoms with Crippen molar-refractivity contribution >= 4 is 5.97 Å². The minimum absolute atomic E-state index is 0.0845. The van der Waals surface area contributed by atoms with Gasteiger partial charge in [0, 0.05) is 18.8 Å². The average molecular weight is 360 g/mol. The summed E-state index contributed by atoms with van der Waals surface area (Å²) in [6.45, 7) is 3.79. The van der Waals surface area contributed by atoms with Gasteiger partial charge in [-0.3, -0.25) is 4.79 Å². The zero-order valence-corrected chi connectivity index (χ0v) is 15.9. The molecule has 2 saturated carbocycles. The normalized spacial score (nSPS) is 31.6.